The molecule has 2 aromatic carbocycles. The molecular weight excluding hydrogens is 352 g/mol. The van der Waals surface area contributed by atoms with Gasteiger partial charge in [-0.05, 0) is 24.3 Å². The van der Waals surface area contributed by atoms with Gasteiger partial charge in [0.25, 0.3) is 5.91 Å². The van der Waals surface area contributed by atoms with Crippen molar-refractivity contribution in [3.05, 3.63) is 65.7 Å². The Morgan fingerprint density at radius 3 is 2.56 bits per heavy atom. The van der Waals surface area contributed by atoms with Crippen LogP contribution in [0.25, 0.3) is 0 Å². The second-order valence-electron chi connectivity index (χ2n) is 5.06. The Labute approximate surface area is 143 Å². The zero-order valence-corrected chi connectivity index (χ0v) is 14.0. The number of hydrogen-bond acceptors (Lipinski definition) is 4. The highest BCUT2D eigenvalue weighted by molar-refractivity contribution is 7.92. The van der Waals surface area contributed by atoms with E-state index in [0.717, 1.165) is 28.9 Å². The number of anilines is 1. The fraction of sp³-hybridized carbons (Fsp3) is 0.125. The number of hydrogen-bond donors (Lipinski definition) is 1. The van der Waals surface area contributed by atoms with Gasteiger partial charge in [-0.25, -0.2) is 22.6 Å². The number of carbonyl (C=O) groups is 1. The number of rotatable bonds is 6. The minimum absolute atomic E-state index is 0.00994. The number of sulfonamides is 1. The van der Waals surface area contributed by atoms with Gasteiger partial charge in [0.15, 0.2) is 0 Å². The van der Waals surface area contributed by atoms with E-state index in [0.29, 0.717) is 0 Å². The molecule has 0 bridgehead atoms. The fourth-order valence-corrected chi connectivity index (χ4v) is 2.80. The van der Waals surface area contributed by atoms with Crippen LogP contribution in [0, 0.1) is 11.6 Å². The fourth-order valence-electron chi connectivity index (χ4n) is 1.95. The van der Waals surface area contributed by atoms with Gasteiger partial charge in [-0.1, -0.05) is 24.3 Å². The Morgan fingerprint density at radius 2 is 1.92 bits per heavy atom. The SMILES string of the molecule is CS(=O)(=O)N(CC(=O)N/N=C\c1ccccc1F)c1cccc(F)c1. The average Bonchev–Trinajstić information content (AvgIpc) is 2.53. The second kappa shape index (κ2) is 7.84. The lowest BCUT2D eigenvalue weighted by atomic mass is 10.2. The highest BCUT2D eigenvalue weighted by Crippen LogP contribution is 2.18. The Hall–Kier alpha value is -2.81. The molecule has 0 radical (unpaired) electrons. The van der Waals surface area contributed by atoms with Crippen LogP contribution < -0.4 is 9.73 Å². The van der Waals surface area contributed by atoms with Gasteiger partial charge in [-0.15, -0.1) is 0 Å². The van der Waals surface area contributed by atoms with Crippen LogP contribution in [-0.4, -0.2) is 33.3 Å². The summed E-state index contributed by atoms with van der Waals surface area (Å²) in [6.07, 6.45) is 1.99. The molecule has 2 aromatic rings. The average molecular weight is 367 g/mol. The standard InChI is InChI=1S/C16H15F2N3O3S/c1-25(23,24)21(14-7-4-6-13(17)9-14)11-16(22)20-19-10-12-5-2-3-8-15(12)18/h2-10H,11H2,1H3,(H,20,22)/b19-10-. The Kier molecular flexibility index (Phi) is 5.81. The number of nitrogens with one attached hydrogen (secondary N) is 1. The van der Waals surface area contributed by atoms with Crippen LogP contribution in [0.2, 0.25) is 0 Å². The summed E-state index contributed by atoms with van der Waals surface area (Å²) in [6.45, 7) is -0.600. The first kappa shape index (κ1) is 18.5. The third kappa shape index (κ3) is 5.35. The van der Waals surface area contributed by atoms with Crippen LogP contribution in [0.3, 0.4) is 0 Å². The van der Waals surface area contributed by atoms with Gasteiger partial charge in [0, 0.05) is 5.56 Å². The van der Waals surface area contributed by atoms with Crippen molar-refractivity contribution in [2.75, 3.05) is 17.1 Å². The Bertz CT molecular complexity index is 901. The molecule has 132 valence electrons. The minimum Gasteiger partial charge on any atom is -0.271 e. The van der Waals surface area contributed by atoms with Crippen molar-refractivity contribution in [1.82, 2.24) is 5.43 Å². The zero-order valence-electron chi connectivity index (χ0n) is 13.2. The van der Waals surface area contributed by atoms with E-state index in [2.05, 4.69) is 10.5 Å². The van der Waals surface area contributed by atoms with E-state index in [1.54, 1.807) is 6.07 Å². The van der Waals surface area contributed by atoms with Crippen molar-refractivity contribution in [2.45, 2.75) is 0 Å². The number of carbonyl (C=O) groups excluding carboxylic acids is 1. The summed E-state index contributed by atoms with van der Waals surface area (Å²) in [4.78, 5) is 11.9. The maximum atomic E-state index is 13.4. The van der Waals surface area contributed by atoms with Crippen molar-refractivity contribution in [3.8, 4) is 0 Å². The molecule has 0 aliphatic heterocycles. The molecule has 1 amide bonds. The number of nitrogens with zero attached hydrogens (tertiary/aromatic N) is 2. The van der Waals surface area contributed by atoms with Crippen molar-refractivity contribution in [2.24, 2.45) is 5.10 Å². The van der Waals surface area contributed by atoms with Gasteiger partial charge in [0.05, 0.1) is 18.2 Å². The van der Waals surface area contributed by atoms with E-state index < -0.39 is 34.1 Å². The molecule has 0 aromatic heterocycles. The van der Waals surface area contributed by atoms with Crippen LogP contribution in [0.1, 0.15) is 5.56 Å². The third-order valence-electron chi connectivity index (χ3n) is 3.08. The molecule has 0 aliphatic rings. The molecule has 0 unspecified atom stereocenters. The largest absolute Gasteiger partial charge is 0.271 e. The molecule has 0 saturated carbocycles. The van der Waals surface area contributed by atoms with Gasteiger partial charge >= 0.3 is 0 Å². The van der Waals surface area contributed by atoms with Crippen molar-refractivity contribution in [1.29, 1.82) is 0 Å². The number of hydrazone groups is 1. The highest BCUT2D eigenvalue weighted by Gasteiger charge is 2.21. The molecule has 0 fully saturated rings. The maximum absolute atomic E-state index is 13.4. The zero-order chi connectivity index (χ0) is 18.4. The summed E-state index contributed by atoms with van der Waals surface area (Å²) in [7, 11) is -3.82. The third-order valence-corrected chi connectivity index (χ3v) is 4.22. The topological polar surface area (TPSA) is 78.8 Å². The van der Waals surface area contributed by atoms with Gasteiger partial charge in [-0.2, -0.15) is 5.10 Å². The van der Waals surface area contributed by atoms with E-state index in [-0.39, 0.29) is 11.3 Å². The summed E-state index contributed by atoms with van der Waals surface area (Å²) in [6, 6.07) is 10.6. The van der Waals surface area contributed by atoms with E-state index in [9.17, 15) is 22.0 Å². The summed E-state index contributed by atoms with van der Waals surface area (Å²) in [5.74, 6) is -1.91. The molecule has 2 rings (SSSR count). The van der Waals surface area contributed by atoms with Crippen LogP contribution in [0.15, 0.2) is 53.6 Å². The predicted octanol–water partition coefficient (Wildman–Crippen LogP) is 1.88. The molecule has 6 nitrogen and oxygen atoms in total. The minimum atomic E-state index is -3.82. The number of benzene rings is 2. The maximum Gasteiger partial charge on any atom is 0.260 e. The molecule has 25 heavy (non-hydrogen) atoms. The van der Waals surface area contributed by atoms with Crippen LogP contribution in [0.4, 0.5) is 14.5 Å². The quantitative estimate of drug-likeness (QED) is 0.625. The summed E-state index contributed by atoms with van der Waals surface area (Å²) in [5.41, 5.74) is 2.28. The van der Waals surface area contributed by atoms with Gasteiger partial charge in [0.1, 0.15) is 18.2 Å². The predicted molar refractivity (Wildman–Crippen MR) is 90.7 cm³/mol. The molecule has 9 heteroatoms. The van der Waals surface area contributed by atoms with Crippen LogP contribution in [0.5, 0.6) is 0 Å². The summed E-state index contributed by atoms with van der Waals surface area (Å²) < 4.78 is 51.2. The van der Waals surface area contributed by atoms with Crippen molar-refractivity contribution in [3.63, 3.8) is 0 Å². The number of amides is 1. The van der Waals surface area contributed by atoms with Gasteiger partial charge in [-0.3, -0.25) is 9.10 Å². The Morgan fingerprint density at radius 1 is 1.20 bits per heavy atom. The van der Waals surface area contributed by atoms with Crippen LogP contribution >= 0.6 is 0 Å². The Balaban J connectivity index is 2.09. The van der Waals surface area contributed by atoms with E-state index in [4.69, 9.17) is 0 Å². The smallest absolute Gasteiger partial charge is 0.260 e. The summed E-state index contributed by atoms with van der Waals surface area (Å²) >= 11 is 0. The van der Waals surface area contributed by atoms with Gasteiger partial charge in [0.2, 0.25) is 10.0 Å². The molecule has 0 saturated heterocycles. The molecule has 0 atom stereocenters. The lowest BCUT2D eigenvalue weighted by Crippen LogP contribution is -2.39. The molecule has 0 aliphatic carbocycles. The second-order valence-corrected chi connectivity index (χ2v) is 6.97. The monoisotopic (exact) mass is 367 g/mol. The highest BCUT2D eigenvalue weighted by atomic mass is 32.2. The van der Waals surface area contributed by atoms with Crippen molar-refractivity contribution >= 4 is 27.8 Å². The van der Waals surface area contributed by atoms with Crippen molar-refractivity contribution < 1.29 is 22.0 Å². The van der Waals surface area contributed by atoms with E-state index in [1.165, 1.54) is 30.3 Å². The molecule has 1 N–H and O–H groups in total. The van der Waals surface area contributed by atoms with E-state index >= 15 is 0 Å². The molecule has 0 spiro atoms. The molecule has 0 heterocycles. The first-order valence-corrected chi connectivity index (χ1v) is 8.92. The molecular formula is C16H15F2N3O3S. The summed E-state index contributed by atoms with van der Waals surface area (Å²) in [5, 5.41) is 3.59. The van der Waals surface area contributed by atoms with Gasteiger partial charge < -0.3 is 0 Å². The van der Waals surface area contributed by atoms with Crippen LogP contribution in [-0.2, 0) is 14.8 Å². The van der Waals surface area contributed by atoms with E-state index in [1.807, 2.05) is 0 Å². The first-order chi connectivity index (χ1) is 11.8. The first-order valence-electron chi connectivity index (χ1n) is 7.07. The lowest BCUT2D eigenvalue weighted by Gasteiger charge is -2.21. The number of halogens is 2. The normalized spacial score (nSPS) is 11.5. The lowest BCUT2D eigenvalue weighted by molar-refractivity contribution is -0.119.